The lowest BCUT2D eigenvalue weighted by Gasteiger charge is -2.22. The van der Waals surface area contributed by atoms with Gasteiger partial charge in [-0.3, -0.25) is 4.79 Å². The molecular weight excluding hydrogens is 362 g/mol. The molecule has 0 radical (unpaired) electrons. The smallest absolute Gasteiger partial charge is 0.255 e. The van der Waals surface area contributed by atoms with Gasteiger partial charge in [0, 0.05) is 25.1 Å². The molecule has 5 nitrogen and oxygen atoms in total. The van der Waals surface area contributed by atoms with Crippen LogP contribution in [0.2, 0.25) is 5.02 Å². The highest BCUT2D eigenvalue weighted by atomic mass is 35.5. The van der Waals surface area contributed by atoms with E-state index in [0.717, 1.165) is 12.0 Å². The third-order valence-electron chi connectivity index (χ3n) is 4.26. The van der Waals surface area contributed by atoms with Crippen molar-refractivity contribution in [2.24, 2.45) is 0 Å². The van der Waals surface area contributed by atoms with Crippen LogP contribution in [0, 0.1) is 6.92 Å². The van der Waals surface area contributed by atoms with Crippen molar-refractivity contribution in [3.05, 3.63) is 70.6 Å². The number of hydrogen-bond donors (Lipinski definition) is 0. The van der Waals surface area contributed by atoms with Gasteiger partial charge in [-0.15, -0.1) is 0 Å². The topological polar surface area (TPSA) is 59.2 Å². The molecule has 0 bridgehead atoms. The molecule has 6 heteroatoms. The monoisotopic (exact) mass is 383 g/mol. The molecule has 0 aliphatic carbocycles. The summed E-state index contributed by atoms with van der Waals surface area (Å²) in [6.45, 7) is 5.20. The van der Waals surface area contributed by atoms with E-state index in [-0.39, 0.29) is 5.91 Å². The Kier molecular flexibility index (Phi) is 6.24. The Morgan fingerprint density at radius 2 is 1.85 bits per heavy atom. The zero-order valence-electron chi connectivity index (χ0n) is 15.5. The van der Waals surface area contributed by atoms with Crippen LogP contribution in [0.3, 0.4) is 0 Å². The molecule has 0 saturated heterocycles. The third-order valence-corrected chi connectivity index (χ3v) is 4.59. The van der Waals surface area contributed by atoms with Crippen LogP contribution in [0.15, 0.2) is 53.1 Å². The van der Waals surface area contributed by atoms with E-state index in [4.69, 9.17) is 16.1 Å². The Morgan fingerprint density at radius 1 is 1.11 bits per heavy atom. The van der Waals surface area contributed by atoms with Crippen LogP contribution < -0.4 is 0 Å². The highest BCUT2D eigenvalue weighted by Crippen LogP contribution is 2.19. The van der Waals surface area contributed by atoms with Gasteiger partial charge in [-0.1, -0.05) is 65.6 Å². The molecule has 0 aliphatic rings. The molecule has 0 saturated carbocycles. The predicted molar refractivity (Wildman–Crippen MR) is 106 cm³/mol. The molecule has 0 aliphatic heterocycles. The lowest BCUT2D eigenvalue weighted by molar-refractivity contribution is 0.0754. The minimum atomic E-state index is -0.0827. The molecule has 0 spiro atoms. The Bertz CT molecular complexity index is 906. The van der Waals surface area contributed by atoms with Crippen LogP contribution in [-0.4, -0.2) is 34.0 Å². The summed E-state index contributed by atoms with van der Waals surface area (Å²) in [5, 5.41) is 4.51. The van der Waals surface area contributed by atoms with E-state index in [1.54, 1.807) is 17.0 Å². The highest BCUT2D eigenvalue weighted by molar-refractivity contribution is 6.33. The first-order chi connectivity index (χ1) is 13.1. The second-order valence-electron chi connectivity index (χ2n) is 6.40. The van der Waals surface area contributed by atoms with E-state index < -0.39 is 0 Å². The zero-order valence-corrected chi connectivity index (χ0v) is 16.2. The summed E-state index contributed by atoms with van der Waals surface area (Å²) in [7, 11) is 0. The first-order valence-corrected chi connectivity index (χ1v) is 9.39. The molecular formula is C21H22ClN3O2. The van der Waals surface area contributed by atoms with Crippen LogP contribution in [0.1, 0.15) is 35.2 Å². The maximum atomic E-state index is 12.8. The second kappa shape index (κ2) is 8.82. The molecule has 0 atom stereocenters. The second-order valence-corrected chi connectivity index (χ2v) is 6.81. The van der Waals surface area contributed by atoms with Gasteiger partial charge in [0.1, 0.15) is 0 Å². The number of amides is 1. The number of nitrogens with zero attached hydrogens (tertiary/aromatic N) is 3. The fourth-order valence-electron chi connectivity index (χ4n) is 2.80. The number of aryl methyl sites for hydroxylation is 1. The summed E-state index contributed by atoms with van der Waals surface area (Å²) in [5.74, 6) is 0.990. The molecule has 1 aromatic heterocycles. The largest absolute Gasteiger partial charge is 0.339 e. The molecule has 27 heavy (non-hydrogen) atoms. The van der Waals surface area contributed by atoms with Crippen molar-refractivity contribution in [3.63, 3.8) is 0 Å². The summed E-state index contributed by atoms with van der Waals surface area (Å²) in [4.78, 5) is 19.0. The van der Waals surface area contributed by atoms with Gasteiger partial charge < -0.3 is 9.42 Å². The van der Waals surface area contributed by atoms with Crippen LogP contribution in [0.25, 0.3) is 11.4 Å². The summed E-state index contributed by atoms with van der Waals surface area (Å²) in [6, 6.07) is 15.1. The molecule has 0 N–H and O–H groups in total. The summed E-state index contributed by atoms with van der Waals surface area (Å²) < 4.78 is 5.36. The number of carbonyl (C=O) groups excluding carboxylic acids is 1. The van der Waals surface area contributed by atoms with Gasteiger partial charge >= 0.3 is 0 Å². The highest BCUT2D eigenvalue weighted by Gasteiger charge is 2.18. The quantitative estimate of drug-likeness (QED) is 0.588. The number of halogens is 1. The minimum Gasteiger partial charge on any atom is -0.339 e. The van der Waals surface area contributed by atoms with Crippen molar-refractivity contribution in [3.8, 4) is 11.4 Å². The summed E-state index contributed by atoms with van der Waals surface area (Å²) in [5.41, 5.74) is 2.60. The Hall–Kier alpha value is -2.66. The molecule has 140 valence electrons. The van der Waals surface area contributed by atoms with Gasteiger partial charge in [-0.25, -0.2) is 0 Å². The van der Waals surface area contributed by atoms with E-state index in [9.17, 15) is 4.79 Å². The number of carbonyl (C=O) groups is 1. The molecule has 1 heterocycles. The van der Waals surface area contributed by atoms with E-state index in [2.05, 4.69) is 10.1 Å². The van der Waals surface area contributed by atoms with Crippen molar-refractivity contribution in [1.82, 2.24) is 15.0 Å². The molecule has 0 fully saturated rings. The average Bonchev–Trinajstić information content (AvgIpc) is 3.14. The average molecular weight is 384 g/mol. The van der Waals surface area contributed by atoms with Gasteiger partial charge in [0.15, 0.2) is 0 Å². The van der Waals surface area contributed by atoms with Gasteiger partial charge in [0.2, 0.25) is 11.7 Å². The molecule has 3 aromatic rings. The Labute approximate surface area is 164 Å². The van der Waals surface area contributed by atoms with Crippen LogP contribution in [-0.2, 0) is 6.42 Å². The summed E-state index contributed by atoms with van der Waals surface area (Å²) >= 11 is 6.17. The molecule has 0 unspecified atom stereocenters. The van der Waals surface area contributed by atoms with Crippen molar-refractivity contribution in [2.75, 3.05) is 13.1 Å². The van der Waals surface area contributed by atoms with Gasteiger partial charge in [-0.05, 0) is 25.5 Å². The maximum Gasteiger partial charge on any atom is 0.255 e. The maximum absolute atomic E-state index is 12.8. The van der Waals surface area contributed by atoms with Crippen LogP contribution in [0.4, 0.5) is 0 Å². The van der Waals surface area contributed by atoms with E-state index in [0.29, 0.717) is 41.8 Å². The number of rotatable bonds is 7. The standard InChI is InChI=1S/C21H22ClN3O2/c1-3-13-25(21(26)17-6-4-5-7-18(17)22)14-12-19-23-20(24-27-19)16-10-8-15(2)9-11-16/h4-11H,3,12-14H2,1-2H3. The van der Waals surface area contributed by atoms with Crippen molar-refractivity contribution >= 4 is 17.5 Å². The Morgan fingerprint density at radius 3 is 2.56 bits per heavy atom. The molecule has 2 aromatic carbocycles. The van der Waals surface area contributed by atoms with Gasteiger partial charge in [-0.2, -0.15) is 4.98 Å². The van der Waals surface area contributed by atoms with Crippen LogP contribution in [0.5, 0.6) is 0 Å². The van der Waals surface area contributed by atoms with Crippen LogP contribution >= 0.6 is 11.6 Å². The van der Waals surface area contributed by atoms with Crippen molar-refractivity contribution in [2.45, 2.75) is 26.7 Å². The lowest BCUT2D eigenvalue weighted by Crippen LogP contribution is -2.33. The predicted octanol–water partition coefficient (Wildman–Crippen LogP) is 4.79. The Balaban J connectivity index is 1.69. The fraction of sp³-hybridized carbons (Fsp3) is 0.286. The third kappa shape index (κ3) is 4.74. The normalized spacial score (nSPS) is 10.8. The van der Waals surface area contributed by atoms with E-state index in [1.807, 2.05) is 50.2 Å². The number of benzene rings is 2. The zero-order chi connectivity index (χ0) is 19.2. The van der Waals surface area contributed by atoms with Gasteiger partial charge in [0.25, 0.3) is 5.91 Å². The SMILES string of the molecule is CCCN(CCc1nc(-c2ccc(C)cc2)no1)C(=O)c1ccccc1Cl. The van der Waals surface area contributed by atoms with Crippen molar-refractivity contribution < 1.29 is 9.32 Å². The van der Waals surface area contributed by atoms with E-state index >= 15 is 0 Å². The fourth-order valence-corrected chi connectivity index (χ4v) is 3.01. The lowest BCUT2D eigenvalue weighted by atomic mass is 10.1. The van der Waals surface area contributed by atoms with Gasteiger partial charge in [0.05, 0.1) is 10.6 Å². The van der Waals surface area contributed by atoms with E-state index in [1.165, 1.54) is 5.56 Å². The number of hydrogen-bond acceptors (Lipinski definition) is 4. The molecule has 3 rings (SSSR count). The van der Waals surface area contributed by atoms with Crippen molar-refractivity contribution in [1.29, 1.82) is 0 Å². The minimum absolute atomic E-state index is 0.0827. The molecule has 1 amide bonds. The first kappa shape index (κ1) is 19.1. The first-order valence-electron chi connectivity index (χ1n) is 9.02. The number of aromatic nitrogens is 2. The summed E-state index contributed by atoms with van der Waals surface area (Å²) in [6.07, 6.45) is 1.35.